The number of nitrogens with zero attached hydrogens (tertiary/aromatic N) is 4. The number of pyridine rings is 1. The largest absolute Gasteiger partial charge is 0.481 e. The fourth-order valence-corrected chi connectivity index (χ4v) is 3.61. The summed E-state index contributed by atoms with van der Waals surface area (Å²) in [6.45, 7) is 6.40. The highest BCUT2D eigenvalue weighted by molar-refractivity contribution is 5.75. The highest BCUT2D eigenvalue weighted by Crippen LogP contribution is 2.20. The number of carbonyl (C=O) groups excluding carboxylic acids is 1. The van der Waals surface area contributed by atoms with Crippen LogP contribution in [0, 0.1) is 5.92 Å². The van der Waals surface area contributed by atoms with Crippen LogP contribution in [0.3, 0.4) is 0 Å². The van der Waals surface area contributed by atoms with E-state index in [9.17, 15) is 14.7 Å². The van der Waals surface area contributed by atoms with Crippen LogP contribution in [0.5, 0.6) is 0 Å². The zero-order valence-electron chi connectivity index (χ0n) is 14.0. The fourth-order valence-electron chi connectivity index (χ4n) is 3.61. The van der Waals surface area contributed by atoms with Crippen molar-refractivity contribution in [2.45, 2.75) is 19.5 Å². The molecule has 7 heteroatoms. The predicted molar refractivity (Wildman–Crippen MR) is 88.3 cm³/mol. The van der Waals surface area contributed by atoms with E-state index in [1.807, 2.05) is 12.1 Å². The summed E-state index contributed by atoms with van der Waals surface area (Å²) >= 11 is 0. The van der Waals surface area contributed by atoms with Crippen molar-refractivity contribution < 1.29 is 14.7 Å². The maximum absolute atomic E-state index is 11.9. The lowest BCUT2D eigenvalue weighted by atomic mass is 10.1. The Bertz CT molecular complexity index is 595. The lowest BCUT2D eigenvalue weighted by molar-refractivity contribution is -0.143. The van der Waals surface area contributed by atoms with Gasteiger partial charge in [0.05, 0.1) is 5.92 Å². The monoisotopic (exact) mass is 332 g/mol. The van der Waals surface area contributed by atoms with Gasteiger partial charge in [-0.15, -0.1) is 0 Å². The molecule has 0 saturated carbocycles. The molecule has 2 aliphatic rings. The number of carbonyl (C=O) groups is 2. The maximum Gasteiger partial charge on any atom is 0.309 e. The first-order chi connectivity index (χ1) is 11.5. The Morgan fingerprint density at radius 1 is 1.17 bits per heavy atom. The first kappa shape index (κ1) is 16.9. The smallest absolute Gasteiger partial charge is 0.309 e. The van der Waals surface area contributed by atoms with E-state index >= 15 is 0 Å². The Hall–Kier alpha value is -1.99. The molecule has 1 N–H and O–H groups in total. The number of rotatable bonds is 3. The molecule has 24 heavy (non-hydrogen) atoms. The lowest BCUT2D eigenvalue weighted by Gasteiger charge is -2.41. The number of aliphatic carboxylic acids is 1. The summed E-state index contributed by atoms with van der Waals surface area (Å²) in [4.78, 5) is 33.7. The van der Waals surface area contributed by atoms with E-state index in [0.29, 0.717) is 19.6 Å². The molecule has 0 spiro atoms. The van der Waals surface area contributed by atoms with Crippen molar-refractivity contribution in [3.8, 4) is 0 Å². The molecule has 130 valence electrons. The minimum absolute atomic E-state index is 0.0469. The van der Waals surface area contributed by atoms with Crippen molar-refractivity contribution in [3.05, 3.63) is 30.1 Å². The van der Waals surface area contributed by atoms with E-state index in [0.717, 1.165) is 26.2 Å². The van der Waals surface area contributed by atoms with Crippen LogP contribution in [0.2, 0.25) is 0 Å². The van der Waals surface area contributed by atoms with E-state index in [4.69, 9.17) is 0 Å². The summed E-state index contributed by atoms with van der Waals surface area (Å²) in [5.74, 6) is -1.37. The number of hydrogen-bond acceptors (Lipinski definition) is 5. The van der Waals surface area contributed by atoms with Crippen LogP contribution >= 0.6 is 0 Å². The molecule has 2 aliphatic heterocycles. The maximum atomic E-state index is 11.9. The quantitative estimate of drug-likeness (QED) is 0.848. The van der Waals surface area contributed by atoms with E-state index in [1.165, 1.54) is 12.5 Å². The average Bonchev–Trinajstić information content (AvgIpc) is 2.75. The normalized spacial score (nSPS) is 25.8. The number of carboxylic acids is 1. The van der Waals surface area contributed by atoms with Gasteiger partial charge in [0, 0.05) is 71.2 Å². The zero-order valence-corrected chi connectivity index (χ0v) is 14.0. The molecule has 0 radical (unpaired) electrons. The Kier molecular flexibility index (Phi) is 5.11. The molecule has 2 fully saturated rings. The molecular formula is C17H24N4O3. The molecule has 3 heterocycles. The van der Waals surface area contributed by atoms with E-state index in [2.05, 4.69) is 14.8 Å². The van der Waals surface area contributed by atoms with Gasteiger partial charge in [-0.05, 0) is 17.7 Å². The topological polar surface area (TPSA) is 77.0 Å². The van der Waals surface area contributed by atoms with Gasteiger partial charge in [-0.3, -0.25) is 24.4 Å². The van der Waals surface area contributed by atoms with Gasteiger partial charge >= 0.3 is 5.97 Å². The summed E-state index contributed by atoms with van der Waals surface area (Å²) in [7, 11) is 0. The van der Waals surface area contributed by atoms with Gasteiger partial charge in [0.2, 0.25) is 5.91 Å². The number of fused-ring (bicyclic) bond motifs is 1. The van der Waals surface area contributed by atoms with E-state index < -0.39 is 11.9 Å². The van der Waals surface area contributed by atoms with Crippen molar-refractivity contribution in [1.29, 1.82) is 0 Å². The SMILES string of the molecule is CC(=O)N1CC(C(=O)O)CN2CCN(Cc3ccncc3)CC2C1. The standard InChI is InChI=1S/C17H24N4O3/c1-13(22)21-10-15(17(23)24)9-20-7-6-19(11-16(20)12-21)8-14-2-4-18-5-3-14/h2-5,15-16H,6-12H2,1H3,(H,23,24). The van der Waals surface area contributed by atoms with E-state index in [-0.39, 0.29) is 11.9 Å². The first-order valence-corrected chi connectivity index (χ1v) is 8.36. The Morgan fingerprint density at radius 2 is 1.92 bits per heavy atom. The molecule has 1 aromatic rings. The third-order valence-corrected chi connectivity index (χ3v) is 4.97. The average molecular weight is 332 g/mol. The molecule has 2 unspecified atom stereocenters. The molecule has 2 atom stereocenters. The summed E-state index contributed by atoms with van der Waals surface area (Å²) in [5.41, 5.74) is 1.22. The van der Waals surface area contributed by atoms with Crippen molar-refractivity contribution in [2.75, 3.05) is 39.3 Å². The molecule has 7 nitrogen and oxygen atoms in total. The molecular weight excluding hydrogens is 308 g/mol. The van der Waals surface area contributed by atoms with Gasteiger partial charge in [-0.25, -0.2) is 0 Å². The van der Waals surface area contributed by atoms with Crippen LogP contribution in [0.15, 0.2) is 24.5 Å². The van der Waals surface area contributed by atoms with Crippen LogP contribution in [-0.2, 0) is 16.1 Å². The van der Waals surface area contributed by atoms with Crippen molar-refractivity contribution in [1.82, 2.24) is 19.7 Å². The number of carboxylic acid groups (broad SMARTS) is 1. The molecule has 3 rings (SSSR count). The molecule has 2 saturated heterocycles. The van der Waals surface area contributed by atoms with Gasteiger partial charge < -0.3 is 10.0 Å². The second kappa shape index (κ2) is 7.27. The van der Waals surface area contributed by atoms with Gasteiger partial charge in [0.15, 0.2) is 0 Å². The molecule has 1 amide bonds. The molecule has 0 aromatic carbocycles. The predicted octanol–water partition coefficient (Wildman–Crippen LogP) is 0.131. The Balaban J connectivity index is 1.69. The Morgan fingerprint density at radius 3 is 2.58 bits per heavy atom. The van der Waals surface area contributed by atoms with Crippen molar-refractivity contribution in [2.24, 2.45) is 5.92 Å². The van der Waals surface area contributed by atoms with Crippen molar-refractivity contribution in [3.63, 3.8) is 0 Å². The van der Waals surface area contributed by atoms with Crippen molar-refractivity contribution >= 4 is 11.9 Å². The number of amides is 1. The van der Waals surface area contributed by atoms with Crippen LogP contribution in [0.4, 0.5) is 0 Å². The molecule has 1 aromatic heterocycles. The van der Waals surface area contributed by atoms with E-state index in [1.54, 1.807) is 17.3 Å². The van der Waals surface area contributed by atoms with Gasteiger partial charge in [0.1, 0.15) is 0 Å². The highest BCUT2D eigenvalue weighted by atomic mass is 16.4. The highest BCUT2D eigenvalue weighted by Gasteiger charge is 2.36. The summed E-state index contributed by atoms with van der Waals surface area (Å²) in [6.07, 6.45) is 3.60. The van der Waals surface area contributed by atoms with Crippen LogP contribution in [0.1, 0.15) is 12.5 Å². The number of aromatic nitrogens is 1. The Labute approximate surface area is 141 Å². The van der Waals surface area contributed by atoms with Crippen LogP contribution in [0.25, 0.3) is 0 Å². The fraction of sp³-hybridized carbons (Fsp3) is 0.588. The number of hydrogen-bond donors (Lipinski definition) is 1. The van der Waals surface area contributed by atoms with Crippen LogP contribution in [-0.4, -0.2) is 82.0 Å². The van der Waals surface area contributed by atoms with Gasteiger partial charge in [-0.2, -0.15) is 0 Å². The minimum atomic E-state index is -0.818. The third-order valence-electron chi connectivity index (χ3n) is 4.97. The summed E-state index contributed by atoms with van der Waals surface area (Å²) in [5, 5.41) is 9.42. The summed E-state index contributed by atoms with van der Waals surface area (Å²) < 4.78 is 0. The lowest BCUT2D eigenvalue weighted by Crippen LogP contribution is -2.55. The second-order valence-corrected chi connectivity index (χ2v) is 6.70. The second-order valence-electron chi connectivity index (χ2n) is 6.70. The number of piperazine rings is 1. The first-order valence-electron chi connectivity index (χ1n) is 8.36. The zero-order chi connectivity index (χ0) is 17.1. The summed E-state index contributed by atoms with van der Waals surface area (Å²) in [6, 6.07) is 4.22. The molecule has 0 bridgehead atoms. The third kappa shape index (κ3) is 3.91. The minimum Gasteiger partial charge on any atom is -0.481 e. The van der Waals surface area contributed by atoms with Crippen LogP contribution < -0.4 is 0 Å². The molecule has 0 aliphatic carbocycles. The van der Waals surface area contributed by atoms with Gasteiger partial charge in [-0.1, -0.05) is 0 Å². The van der Waals surface area contributed by atoms with Gasteiger partial charge in [0.25, 0.3) is 0 Å².